The van der Waals surface area contributed by atoms with E-state index in [4.69, 9.17) is 0 Å². The lowest BCUT2D eigenvalue weighted by Crippen LogP contribution is -2.77. The Kier molecular flexibility index (Phi) is 17.0. The van der Waals surface area contributed by atoms with Crippen molar-refractivity contribution in [2.75, 3.05) is 0 Å². The van der Waals surface area contributed by atoms with Crippen molar-refractivity contribution in [3.8, 4) is 0 Å². The lowest BCUT2D eigenvalue weighted by atomic mass is 9.27. The number of cyclic esters (lactones) is 32. The Labute approximate surface area is 709 Å². The fourth-order valence-electron chi connectivity index (χ4n) is 25.6. The van der Waals surface area contributed by atoms with Gasteiger partial charge in [-0.3, -0.25) is 153 Å². The highest BCUT2D eigenvalue weighted by Gasteiger charge is 2.98. The standard InChI is InChI=1S/C12H12O6.C11H10O6.4C10H8O6.C9H6O6.C8H4O6/c1-9-5(13)17-6(14)10(9,2)12(4)8(16)18-7(15)11(9,12)3;1-9-4(5(12)16-6(9)13)10(2)7(14)17-8(15)11(9,10)3;1-9-3(5(11)15-7(9)13)10(2)4(9)6(12)16-8(10)14;1-9-3(5(11)15-7(9)13)4-6(12)16-8(14)10(4,9)2;1-9-3-4(6(12)15-5(3)11)10(9,2)8(14)16-7(9)13;11-7-3-1-4-6(10(14)16-8(4)12)2-5(3)9(13)15-7;1-9-3-2(5(10)14-6(3)11)4(9)7(12)15-8(9)13;9-5-1-2(6(10)13-5)4-3(1)7(11)14-8(4)12/h1-4H3;4H,1-3H3;3*3-4H,1-2H3;3-6H,1-2H2;2-4H,1H3;1-4H. The normalized spacial score (nSPS) is 48.4. The summed E-state index contributed by atoms with van der Waals surface area (Å²) in [5.74, 6) is -37.2. The van der Waals surface area contributed by atoms with Crippen LogP contribution in [-0.2, 0) is 229 Å². The van der Waals surface area contributed by atoms with Crippen molar-refractivity contribution in [3.05, 3.63) is 0 Å². The van der Waals surface area contributed by atoms with E-state index in [-0.39, 0.29) is 12.8 Å². The average Bonchev–Trinajstić information content (AvgIpc) is 1.42. The monoisotopic (exact) mass is 1790 g/mol. The van der Waals surface area contributed by atoms with Gasteiger partial charge in [0.1, 0.15) is 0 Å². The van der Waals surface area contributed by atoms with Gasteiger partial charge >= 0.3 is 191 Å². The minimum Gasteiger partial charge on any atom is -0.393 e. The summed E-state index contributed by atoms with van der Waals surface area (Å²) in [6.45, 7) is 20.7. The van der Waals surface area contributed by atoms with Crippen LogP contribution in [0.3, 0.4) is 0 Å². The van der Waals surface area contributed by atoms with E-state index in [9.17, 15) is 153 Å². The molecule has 24 fully saturated rings. The molecule has 48 heteroatoms. The third kappa shape index (κ3) is 8.76. The first-order valence-corrected chi connectivity index (χ1v) is 39.2. The number of hydrogen-bond acceptors (Lipinski definition) is 48. The summed E-state index contributed by atoms with van der Waals surface area (Å²) in [5, 5.41) is 0. The molecule has 0 radical (unpaired) electrons. The molecule has 8 saturated carbocycles. The Bertz CT molecular complexity index is 5350. The van der Waals surface area contributed by atoms with Crippen LogP contribution in [0.4, 0.5) is 0 Å². The molecular formula is C80H64O48. The van der Waals surface area contributed by atoms with Crippen molar-refractivity contribution in [1.82, 2.24) is 0 Å². The molecule has 0 aromatic heterocycles. The van der Waals surface area contributed by atoms with Crippen LogP contribution in [0.1, 0.15) is 110 Å². The summed E-state index contributed by atoms with van der Waals surface area (Å²) in [7, 11) is 0. The molecule has 0 bridgehead atoms. The van der Waals surface area contributed by atoms with Crippen molar-refractivity contribution >= 4 is 191 Å². The first-order valence-electron chi connectivity index (χ1n) is 39.2. The summed E-state index contributed by atoms with van der Waals surface area (Å²) in [6.07, 6.45) is 0.370. The summed E-state index contributed by atoms with van der Waals surface area (Å²) in [4.78, 5) is 368. The Morgan fingerprint density at radius 3 is 0.672 bits per heavy atom. The van der Waals surface area contributed by atoms with E-state index in [0.29, 0.717) is 0 Å². The number of ether oxygens (including phenoxy) is 16. The van der Waals surface area contributed by atoms with Crippen molar-refractivity contribution in [2.24, 2.45) is 182 Å². The SMILES string of the molecule is CC12C(=O)OC(=O)C1(C)C1(C)C(=O)OC(=O)C21C.CC12C(=O)OC(=O)C1(C)C1C(=O)OC(=O)C12.CC12C(=O)OC(=O)C1C1(C)C(=O)OC(=O)C21.CC12C(=O)OC(=O)C1C1(C)C(=O)OC(=O)C21C.CC12C(=O)OC(=O)C1C1C(=O)OC(=O)C12.CC12C(=O)OC(=O)C1C1C(=O)OC(=O)C12C.O=C1OC(=O)C2C1C1C(=O)OC(=O)C21.O=C1OC(=O)C2CC3C(=O)OC(=O)C3CC12. The number of carbonyl (C=O) groups is 32. The summed E-state index contributed by atoms with van der Waals surface area (Å²) in [5.41, 5.74) is -18.0. The smallest absolute Gasteiger partial charge is 0.321 e. The Balaban J connectivity index is 0.000000103. The van der Waals surface area contributed by atoms with Crippen LogP contribution in [0.15, 0.2) is 0 Å². The van der Waals surface area contributed by atoms with Crippen molar-refractivity contribution < 1.29 is 229 Å². The van der Waals surface area contributed by atoms with Gasteiger partial charge in [-0.25, -0.2) is 0 Å². The van der Waals surface area contributed by atoms with E-state index in [0.717, 1.165) is 0 Å². The van der Waals surface area contributed by atoms with Crippen molar-refractivity contribution in [3.63, 3.8) is 0 Å². The molecule has 20 unspecified atom stereocenters. The molecule has 16 heterocycles. The summed E-state index contributed by atoms with van der Waals surface area (Å²) < 4.78 is 72.2. The highest BCUT2D eigenvalue weighted by molar-refractivity contribution is 6.22. The van der Waals surface area contributed by atoms with E-state index in [1.165, 1.54) is 96.9 Å². The molecule has 0 spiro atoms. The van der Waals surface area contributed by atoms with Gasteiger partial charge in [0, 0.05) is 0 Å². The molecule has 0 aromatic carbocycles. The van der Waals surface area contributed by atoms with E-state index in [1.54, 1.807) is 0 Å². The minimum absolute atomic E-state index is 0.185. The minimum atomic E-state index is -1.35. The van der Waals surface area contributed by atoms with Crippen LogP contribution in [0, 0.1) is 182 Å². The maximum absolute atomic E-state index is 12.0. The lowest BCUT2D eigenvalue weighted by Gasteiger charge is -2.65. The topological polar surface area (TPSA) is 694 Å². The molecule has 48 nitrogen and oxygen atoms in total. The van der Waals surface area contributed by atoms with Gasteiger partial charge in [-0.15, -0.1) is 0 Å². The highest BCUT2D eigenvalue weighted by atomic mass is 16.7. The molecule has 20 atom stereocenters. The van der Waals surface area contributed by atoms with Gasteiger partial charge in [-0.1, -0.05) is 0 Å². The molecule has 0 N–H and O–H groups in total. The van der Waals surface area contributed by atoms with Gasteiger partial charge in [-0.05, 0) is 110 Å². The van der Waals surface area contributed by atoms with E-state index in [1.807, 2.05) is 0 Å². The molecule has 672 valence electrons. The fourth-order valence-corrected chi connectivity index (χ4v) is 25.6. The zero-order valence-corrected chi connectivity index (χ0v) is 68.4. The molecule has 0 aromatic rings. The maximum atomic E-state index is 12.0. The lowest BCUT2D eigenvalue weighted by molar-refractivity contribution is -0.243. The number of fused-ring (bicyclic) bond motifs is 30. The number of carbonyl (C=O) groups excluding carboxylic acids is 32. The van der Waals surface area contributed by atoms with Gasteiger partial charge in [-0.2, -0.15) is 0 Å². The predicted octanol–water partition coefficient (Wildman–Crippen LogP) is -4.71. The average molecular weight is 1790 g/mol. The van der Waals surface area contributed by atoms with Crippen LogP contribution in [0.2, 0.25) is 0 Å². The maximum Gasteiger partial charge on any atom is 0.321 e. The Morgan fingerprint density at radius 1 is 0.156 bits per heavy atom. The molecule has 0 amide bonds. The van der Waals surface area contributed by atoms with E-state index < -0.39 is 373 Å². The van der Waals surface area contributed by atoms with Gasteiger partial charge < -0.3 is 75.8 Å². The van der Waals surface area contributed by atoms with Gasteiger partial charge in [0.25, 0.3) is 0 Å². The van der Waals surface area contributed by atoms with Gasteiger partial charge in [0.2, 0.25) is 0 Å². The third-order valence-corrected chi connectivity index (χ3v) is 34.3. The molecule has 16 saturated heterocycles. The first-order chi connectivity index (χ1) is 59.0. The van der Waals surface area contributed by atoms with Crippen LogP contribution in [0.5, 0.6) is 0 Å². The Morgan fingerprint density at radius 2 is 0.344 bits per heavy atom. The zero-order chi connectivity index (χ0) is 94.6. The molecule has 24 rings (SSSR count). The van der Waals surface area contributed by atoms with Crippen LogP contribution in [0.25, 0.3) is 0 Å². The molecule has 128 heavy (non-hydrogen) atoms. The number of esters is 32. The molecule has 24 aliphatic rings. The van der Waals surface area contributed by atoms with E-state index >= 15 is 0 Å². The summed E-state index contributed by atoms with van der Waals surface area (Å²) >= 11 is 0. The number of hydrogen-bond donors (Lipinski definition) is 0. The fraction of sp³-hybridized carbons (Fsp3) is 0.600. The highest BCUT2D eigenvalue weighted by Crippen LogP contribution is 2.84. The second-order valence-electron chi connectivity index (χ2n) is 37.8. The Hall–Kier alpha value is -13.8. The third-order valence-electron chi connectivity index (χ3n) is 34.3. The second kappa shape index (κ2) is 25.1. The quantitative estimate of drug-likeness (QED) is 0.125. The predicted molar refractivity (Wildman–Crippen MR) is 363 cm³/mol. The molecule has 16 aliphatic heterocycles. The van der Waals surface area contributed by atoms with Gasteiger partial charge in [0.05, 0.1) is 182 Å². The summed E-state index contributed by atoms with van der Waals surface area (Å²) in [6, 6.07) is 0. The first kappa shape index (κ1) is 86.4. The van der Waals surface area contributed by atoms with Crippen molar-refractivity contribution in [1.29, 1.82) is 0 Å². The zero-order valence-electron chi connectivity index (χ0n) is 68.4. The molecule has 8 aliphatic carbocycles. The van der Waals surface area contributed by atoms with E-state index in [2.05, 4.69) is 75.8 Å². The second-order valence-corrected chi connectivity index (χ2v) is 37.8. The number of rotatable bonds is 0. The van der Waals surface area contributed by atoms with Crippen LogP contribution >= 0.6 is 0 Å². The van der Waals surface area contributed by atoms with Gasteiger partial charge in [0.15, 0.2) is 0 Å². The van der Waals surface area contributed by atoms with Crippen molar-refractivity contribution in [2.45, 2.75) is 110 Å². The molecular weight excluding hydrogens is 1730 g/mol. The van der Waals surface area contributed by atoms with Crippen LogP contribution < -0.4 is 0 Å². The van der Waals surface area contributed by atoms with Crippen LogP contribution in [-0.4, -0.2) is 191 Å². The largest absolute Gasteiger partial charge is 0.393 e.